The zero-order valence-corrected chi connectivity index (χ0v) is 16.6. The average molecular weight is 403 g/mol. The Balaban J connectivity index is 1.89. The summed E-state index contributed by atoms with van der Waals surface area (Å²) in [6.45, 7) is 3.80. The summed E-state index contributed by atoms with van der Waals surface area (Å²) >= 11 is 0. The first-order valence-corrected chi connectivity index (χ1v) is 10.6. The van der Waals surface area contributed by atoms with Gasteiger partial charge in [-0.3, -0.25) is 4.79 Å². The molecular formula is C15H30BN5O5S. The first-order chi connectivity index (χ1) is 12.4. The summed E-state index contributed by atoms with van der Waals surface area (Å²) in [6, 6.07) is -0.735. The fourth-order valence-corrected chi connectivity index (χ4v) is 4.51. The van der Waals surface area contributed by atoms with Crippen LogP contribution in [0, 0.1) is 11.8 Å². The molecule has 27 heavy (non-hydrogen) atoms. The molecule has 0 aromatic rings. The van der Waals surface area contributed by atoms with Crippen molar-refractivity contribution in [2.45, 2.75) is 57.1 Å². The Kier molecular flexibility index (Phi) is 7.03. The van der Waals surface area contributed by atoms with E-state index in [1.807, 2.05) is 0 Å². The summed E-state index contributed by atoms with van der Waals surface area (Å²) in [4.78, 5) is 11.5. The van der Waals surface area contributed by atoms with Crippen LogP contribution in [0.1, 0.15) is 33.1 Å². The molecule has 2 rings (SSSR count). The van der Waals surface area contributed by atoms with Crippen LogP contribution >= 0.6 is 0 Å². The minimum Gasteiger partial charge on any atom is -0.427 e. The Morgan fingerprint density at radius 3 is 2.78 bits per heavy atom. The highest BCUT2D eigenvalue weighted by atomic mass is 32.2. The Bertz CT molecular complexity index is 670. The summed E-state index contributed by atoms with van der Waals surface area (Å²) in [5, 5.41) is 20.6. The van der Waals surface area contributed by atoms with Gasteiger partial charge in [-0.25, -0.2) is 0 Å². The van der Waals surface area contributed by atoms with Crippen LogP contribution in [0.15, 0.2) is 4.40 Å². The van der Waals surface area contributed by atoms with Crippen molar-refractivity contribution in [3.8, 4) is 0 Å². The lowest BCUT2D eigenvalue weighted by molar-refractivity contribution is -0.122. The Hall–Kier alpha value is -1.05. The van der Waals surface area contributed by atoms with Crippen molar-refractivity contribution in [1.29, 1.82) is 0 Å². The highest BCUT2D eigenvalue weighted by Gasteiger charge is 2.44. The molecule has 0 aromatic heterocycles. The number of carbonyl (C=O) groups excluding carboxylic acids is 1. The molecule has 0 spiro atoms. The Labute approximate surface area is 160 Å². The molecule has 0 bridgehead atoms. The van der Waals surface area contributed by atoms with Crippen molar-refractivity contribution >= 4 is 29.4 Å². The number of hydrogen-bond donors (Lipinski definition) is 5. The monoisotopic (exact) mass is 403 g/mol. The van der Waals surface area contributed by atoms with E-state index in [9.17, 15) is 13.2 Å². The minimum atomic E-state index is -3.84. The molecule has 1 saturated heterocycles. The van der Waals surface area contributed by atoms with Crippen LogP contribution in [-0.4, -0.2) is 72.7 Å². The van der Waals surface area contributed by atoms with Crippen molar-refractivity contribution in [1.82, 2.24) is 9.62 Å². The first kappa shape index (κ1) is 22.2. The molecular weight excluding hydrogens is 373 g/mol. The van der Waals surface area contributed by atoms with E-state index in [0.717, 1.165) is 0 Å². The molecule has 1 aliphatic carbocycles. The summed E-state index contributed by atoms with van der Waals surface area (Å²) in [6.07, 6.45) is 3.39. The van der Waals surface area contributed by atoms with Gasteiger partial charge in [0, 0.05) is 36.8 Å². The van der Waals surface area contributed by atoms with Gasteiger partial charge in [-0.2, -0.15) is 17.1 Å². The fraction of sp³-hybridized carbons (Fsp3) is 0.867. The summed E-state index contributed by atoms with van der Waals surface area (Å²) in [7, 11) is -5.21. The van der Waals surface area contributed by atoms with E-state index >= 15 is 0 Å². The van der Waals surface area contributed by atoms with E-state index < -0.39 is 28.9 Å². The Morgan fingerprint density at radius 1 is 1.52 bits per heavy atom. The number of nitrogens with one attached hydrogen (secondary N) is 1. The third kappa shape index (κ3) is 6.23. The third-order valence-electron chi connectivity index (χ3n) is 5.18. The van der Waals surface area contributed by atoms with Gasteiger partial charge >= 0.3 is 17.3 Å². The molecule has 0 aromatic carbocycles. The zero-order chi connectivity index (χ0) is 20.4. The van der Waals surface area contributed by atoms with Crippen LogP contribution in [-0.2, 0) is 15.0 Å². The topological polar surface area (TPSA) is 171 Å². The molecule has 1 saturated carbocycles. The van der Waals surface area contributed by atoms with E-state index in [4.69, 9.17) is 21.5 Å². The predicted octanol–water partition coefficient (Wildman–Crippen LogP) is -1.94. The smallest absolute Gasteiger partial charge is 0.427 e. The maximum Gasteiger partial charge on any atom is 0.451 e. The lowest BCUT2D eigenvalue weighted by atomic mass is 9.79. The van der Waals surface area contributed by atoms with Gasteiger partial charge in [0.25, 0.3) is 0 Å². The lowest BCUT2D eigenvalue weighted by Gasteiger charge is -2.25. The van der Waals surface area contributed by atoms with Crippen LogP contribution in [0.25, 0.3) is 0 Å². The van der Waals surface area contributed by atoms with Crippen molar-refractivity contribution in [2.24, 2.45) is 27.7 Å². The highest BCUT2D eigenvalue weighted by Crippen LogP contribution is 2.32. The lowest BCUT2D eigenvalue weighted by Crippen LogP contribution is -2.44. The minimum absolute atomic E-state index is 0.0831. The standard InChI is InChI=1S/C15H30BN5O5S/c1-10(17)14(22)20-13-6-11(13)7-19-27(25,26)21-8-12(15(2,18)9-21)4-3-5-16(23)24/h7,10-13,23-24H,3-6,8-9,17-18H2,1-2H3,(H,20,22)/t10-,11?,12-,13?,15-/m0/s1. The first-order valence-electron chi connectivity index (χ1n) is 9.19. The molecule has 2 unspecified atom stereocenters. The fourth-order valence-electron chi connectivity index (χ4n) is 3.25. The molecule has 154 valence electrons. The number of carbonyl (C=O) groups is 1. The summed E-state index contributed by atoms with van der Waals surface area (Å²) in [5.41, 5.74) is 11.0. The summed E-state index contributed by atoms with van der Waals surface area (Å²) in [5.74, 6) is -0.468. The maximum absolute atomic E-state index is 12.5. The number of nitrogens with two attached hydrogens (primary N) is 2. The van der Waals surface area contributed by atoms with Crippen LogP contribution in [0.5, 0.6) is 0 Å². The zero-order valence-electron chi connectivity index (χ0n) is 15.8. The van der Waals surface area contributed by atoms with Gasteiger partial charge in [-0.05, 0) is 38.9 Å². The van der Waals surface area contributed by atoms with Crippen molar-refractivity contribution in [3.63, 3.8) is 0 Å². The second-order valence-electron chi connectivity index (χ2n) is 7.94. The van der Waals surface area contributed by atoms with Crippen molar-refractivity contribution in [3.05, 3.63) is 0 Å². The number of nitrogens with zero attached hydrogens (tertiary/aromatic N) is 2. The van der Waals surface area contributed by atoms with Gasteiger partial charge in [0.1, 0.15) is 0 Å². The molecule has 2 aliphatic rings. The second kappa shape index (κ2) is 8.54. The van der Waals surface area contributed by atoms with Crippen molar-refractivity contribution in [2.75, 3.05) is 13.1 Å². The maximum atomic E-state index is 12.5. The molecule has 1 heterocycles. The van der Waals surface area contributed by atoms with Gasteiger partial charge < -0.3 is 26.8 Å². The molecule has 12 heteroatoms. The van der Waals surface area contributed by atoms with E-state index in [-0.39, 0.29) is 43.2 Å². The van der Waals surface area contributed by atoms with E-state index in [2.05, 4.69) is 9.71 Å². The van der Waals surface area contributed by atoms with E-state index in [1.54, 1.807) is 13.8 Å². The molecule has 2 fully saturated rings. The quantitative estimate of drug-likeness (QED) is 0.220. The number of amides is 1. The molecule has 1 aliphatic heterocycles. The van der Waals surface area contributed by atoms with Crippen LogP contribution in [0.2, 0.25) is 6.32 Å². The van der Waals surface area contributed by atoms with Gasteiger partial charge in [-0.15, -0.1) is 0 Å². The van der Waals surface area contributed by atoms with E-state index in [1.165, 1.54) is 10.5 Å². The Morgan fingerprint density at radius 2 is 2.19 bits per heavy atom. The summed E-state index contributed by atoms with van der Waals surface area (Å²) < 4.78 is 30.0. The molecule has 10 nitrogen and oxygen atoms in total. The van der Waals surface area contributed by atoms with Crippen LogP contribution < -0.4 is 16.8 Å². The van der Waals surface area contributed by atoms with Crippen LogP contribution in [0.3, 0.4) is 0 Å². The highest BCUT2D eigenvalue weighted by molar-refractivity contribution is 7.87. The molecule has 1 amide bonds. The largest absolute Gasteiger partial charge is 0.451 e. The second-order valence-corrected chi connectivity index (χ2v) is 9.57. The van der Waals surface area contributed by atoms with Gasteiger partial charge in [0.2, 0.25) is 5.91 Å². The number of hydrogen-bond acceptors (Lipinski definition) is 7. The molecule has 0 radical (unpaired) electrons. The van der Waals surface area contributed by atoms with Crippen molar-refractivity contribution < 1.29 is 23.3 Å². The van der Waals surface area contributed by atoms with E-state index in [0.29, 0.717) is 19.3 Å². The molecule has 5 atom stereocenters. The van der Waals surface area contributed by atoms with Crippen LogP contribution in [0.4, 0.5) is 0 Å². The van der Waals surface area contributed by atoms with Gasteiger partial charge in [0.05, 0.1) is 6.04 Å². The number of rotatable bonds is 9. The average Bonchev–Trinajstić information content (AvgIpc) is 3.20. The molecule has 7 N–H and O–H groups in total. The normalized spacial score (nSPS) is 32.6. The SMILES string of the molecule is C[C@H](N)C(=O)NC1CC1C=NS(=O)(=O)N1C[C@H](CCCB(O)O)[C@@](C)(N)C1. The van der Waals surface area contributed by atoms with Gasteiger partial charge in [0.15, 0.2) is 0 Å². The predicted molar refractivity (Wildman–Crippen MR) is 103 cm³/mol. The van der Waals surface area contributed by atoms with Gasteiger partial charge in [-0.1, -0.05) is 6.42 Å². The third-order valence-corrected chi connectivity index (χ3v) is 6.50.